The fraction of sp³-hybridized carbons (Fsp3) is 0.250. The predicted octanol–water partition coefficient (Wildman–Crippen LogP) is 3.03. The van der Waals surface area contributed by atoms with Crippen LogP contribution < -0.4 is 9.47 Å². The molecule has 0 radical (unpaired) electrons. The molecule has 3 aromatic rings. The number of carbonyl (C=O) groups excluding carboxylic acids is 1. The van der Waals surface area contributed by atoms with Crippen LogP contribution in [0.1, 0.15) is 23.7 Å². The maximum Gasteiger partial charge on any atom is 0.340 e. The zero-order valence-electron chi connectivity index (χ0n) is 15.2. The molecule has 144 valence electrons. The number of carboxylic acid groups (broad SMARTS) is 1. The normalized spacial score (nSPS) is 10.6. The third-order valence-corrected chi connectivity index (χ3v) is 4.05. The minimum absolute atomic E-state index is 0.0775. The van der Waals surface area contributed by atoms with Crippen molar-refractivity contribution in [1.82, 2.24) is 4.40 Å². The van der Waals surface area contributed by atoms with E-state index in [1.54, 1.807) is 31.3 Å². The molecule has 0 atom stereocenters. The van der Waals surface area contributed by atoms with Crippen LogP contribution in [0.15, 0.2) is 36.5 Å². The van der Waals surface area contributed by atoms with Gasteiger partial charge in [-0.25, -0.2) is 4.79 Å². The molecule has 0 saturated heterocycles. The molecule has 0 saturated carbocycles. The Kier molecular flexibility index (Phi) is 5.65. The summed E-state index contributed by atoms with van der Waals surface area (Å²) < 4.78 is 18.0. The number of rotatable bonds is 8. The van der Waals surface area contributed by atoms with Crippen LogP contribution in [0.2, 0.25) is 0 Å². The molecule has 0 aliphatic carbocycles. The standard InChI is InChI=1S/C20H18N2O6/c1-2-26-20(25)19-13-11-16(27-9-6-18(23)24)17(28-10-7-21)12-15(13)22-8-4-3-5-14(19)22/h3-5,8,11-12H,2,6,9-10H2,1H3,(H,23,24). The number of ether oxygens (including phenoxy) is 3. The van der Waals surface area contributed by atoms with Crippen LogP contribution in [-0.4, -0.2) is 41.3 Å². The molecule has 0 bridgehead atoms. The number of fused-ring (bicyclic) bond motifs is 3. The van der Waals surface area contributed by atoms with Crippen LogP contribution in [0.3, 0.4) is 0 Å². The minimum atomic E-state index is -0.998. The van der Waals surface area contributed by atoms with Crippen molar-refractivity contribution in [3.63, 3.8) is 0 Å². The lowest BCUT2D eigenvalue weighted by molar-refractivity contribution is -0.137. The number of carbonyl (C=O) groups is 2. The van der Waals surface area contributed by atoms with Gasteiger partial charge in [0.15, 0.2) is 18.1 Å². The van der Waals surface area contributed by atoms with E-state index >= 15 is 0 Å². The highest BCUT2D eigenvalue weighted by Gasteiger charge is 2.22. The summed E-state index contributed by atoms with van der Waals surface area (Å²) in [6, 6.07) is 10.6. The van der Waals surface area contributed by atoms with Crippen molar-refractivity contribution in [2.24, 2.45) is 0 Å². The Hall–Kier alpha value is -3.73. The van der Waals surface area contributed by atoms with Gasteiger partial charge in [-0.3, -0.25) is 4.79 Å². The molecule has 2 heterocycles. The molecule has 8 nitrogen and oxygen atoms in total. The summed E-state index contributed by atoms with van der Waals surface area (Å²) in [6.07, 6.45) is 1.61. The molecule has 0 unspecified atom stereocenters. The lowest BCUT2D eigenvalue weighted by atomic mass is 10.1. The smallest absolute Gasteiger partial charge is 0.340 e. The topological polar surface area (TPSA) is 110 Å². The summed E-state index contributed by atoms with van der Waals surface area (Å²) >= 11 is 0. The zero-order valence-corrected chi connectivity index (χ0v) is 15.2. The summed E-state index contributed by atoms with van der Waals surface area (Å²) in [7, 11) is 0. The van der Waals surface area contributed by atoms with Crippen molar-refractivity contribution in [3.05, 3.63) is 42.1 Å². The van der Waals surface area contributed by atoms with Gasteiger partial charge in [0, 0.05) is 17.6 Å². The van der Waals surface area contributed by atoms with Crippen molar-refractivity contribution < 1.29 is 28.9 Å². The first-order valence-electron chi connectivity index (χ1n) is 8.65. The van der Waals surface area contributed by atoms with Crippen LogP contribution in [0.4, 0.5) is 0 Å². The van der Waals surface area contributed by atoms with Gasteiger partial charge in [-0.1, -0.05) is 6.07 Å². The van der Waals surface area contributed by atoms with Gasteiger partial charge < -0.3 is 23.7 Å². The van der Waals surface area contributed by atoms with Crippen molar-refractivity contribution in [1.29, 1.82) is 5.26 Å². The summed E-state index contributed by atoms with van der Waals surface area (Å²) in [5.41, 5.74) is 1.72. The van der Waals surface area contributed by atoms with E-state index in [-0.39, 0.29) is 37.7 Å². The first kappa shape index (κ1) is 19.0. The highest BCUT2D eigenvalue weighted by molar-refractivity contribution is 6.12. The zero-order chi connectivity index (χ0) is 20.1. The Morgan fingerprint density at radius 3 is 2.68 bits per heavy atom. The average Bonchev–Trinajstić information content (AvgIpc) is 2.99. The number of pyridine rings is 1. The van der Waals surface area contributed by atoms with Crippen LogP contribution >= 0.6 is 0 Å². The Morgan fingerprint density at radius 1 is 1.18 bits per heavy atom. The van der Waals surface area contributed by atoms with Crippen molar-refractivity contribution in [2.75, 3.05) is 19.8 Å². The van der Waals surface area contributed by atoms with E-state index in [0.29, 0.717) is 22.0 Å². The number of nitriles is 1. The quantitative estimate of drug-likeness (QED) is 0.596. The second kappa shape index (κ2) is 8.31. The highest BCUT2D eigenvalue weighted by atomic mass is 16.5. The van der Waals surface area contributed by atoms with Crippen LogP contribution in [-0.2, 0) is 9.53 Å². The van der Waals surface area contributed by atoms with E-state index < -0.39 is 11.9 Å². The van der Waals surface area contributed by atoms with E-state index in [1.165, 1.54) is 0 Å². The van der Waals surface area contributed by atoms with Gasteiger partial charge in [-0.05, 0) is 25.1 Å². The van der Waals surface area contributed by atoms with Gasteiger partial charge in [-0.15, -0.1) is 0 Å². The molecular weight excluding hydrogens is 364 g/mol. The number of hydrogen-bond donors (Lipinski definition) is 1. The lowest BCUT2D eigenvalue weighted by Crippen LogP contribution is -2.07. The molecule has 0 amide bonds. The molecule has 1 aromatic carbocycles. The number of hydrogen-bond acceptors (Lipinski definition) is 6. The van der Waals surface area contributed by atoms with E-state index in [4.69, 9.17) is 24.6 Å². The number of benzene rings is 1. The van der Waals surface area contributed by atoms with Gasteiger partial charge in [-0.2, -0.15) is 5.26 Å². The molecule has 8 heteroatoms. The molecule has 1 N–H and O–H groups in total. The van der Waals surface area contributed by atoms with Crippen molar-refractivity contribution in [2.45, 2.75) is 13.3 Å². The second-order valence-electron chi connectivity index (χ2n) is 5.81. The molecule has 28 heavy (non-hydrogen) atoms. The highest BCUT2D eigenvalue weighted by Crippen LogP contribution is 2.37. The summed E-state index contributed by atoms with van der Waals surface area (Å²) in [4.78, 5) is 23.3. The average molecular weight is 382 g/mol. The monoisotopic (exact) mass is 382 g/mol. The van der Waals surface area contributed by atoms with Crippen LogP contribution in [0, 0.1) is 11.3 Å². The molecular formula is C20H18N2O6. The van der Waals surface area contributed by atoms with Crippen molar-refractivity contribution >= 4 is 28.4 Å². The number of esters is 1. The van der Waals surface area contributed by atoms with Crippen LogP contribution in [0.5, 0.6) is 11.5 Å². The molecule has 2 aromatic heterocycles. The summed E-state index contributed by atoms with van der Waals surface area (Å²) in [5, 5.41) is 18.2. The summed E-state index contributed by atoms with van der Waals surface area (Å²) in [6.45, 7) is 1.68. The van der Waals surface area contributed by atoms with E-state index in [1.807, 2.05) is 22.6 Å². The van der Waals surface area contributed by atoms with Crippen LogP contribution in [0.25, 0.3) is 16.4 Å². The summed E-state index contributed by atoms with van der Waals surface area (Å²) in [5.74, 6) is -0.922. The number of aliphatic carboxylic acids is 1. The fourth-order valence-electron chi connectivity index (χ4n) is 2.95. The molecule has 0 aliphatic rings. The lowest BCUT2D eigenvalue weighted by Gasteiger charge is -2.11. The third kappa shape index (κ3) is 3.69. The number of nitrogens with zero attached hydrogens (tertiary/aromatic N) is 2. The first-order valence-corrected chi connectivity index (χ1v) is 8.65. The molecule has 3 rings (SSSR count). The second-order valence-corrected chi connectivity index (χ2v) is 5.81. The SMILES string of the molecule is CCOC(=O)c1c2cc(OCCC(=O)O)c(OCC#N)cc2n2ccccc12. The largest absolute Gasteiger partial charge is 0.489 e. The minimum Gasteiger partial charge on any atom is -0.489 e. The van der Waals surface area contributed by atoms with E-state index in [9.17, 15) is 9.59 Å². The van der Waals surface area contributed by atoms with Gasteiger partial charge in [0.1, 0.15) is 6.07 Å². The van der Waals surface area contributed by atoms with Gasteiger partial charge in [0.25, 0.3) is 0 Å². The van der Waals surface area contributed by atoms with Crippen molar-refractivity contribution in [3.8, 4) is 17.6 Å². The number of aromatic nitrogens is 1. The molecule has 0 fully saturated rings. The molecule has 0 aliphatic heterocycles. The third-order valence-electron chi connectivity index (χ3n) is 4.05. The Balaban J connectivity index is 2.19. The maximum atomic E-state index is 12.6. The van der Waals surface area contributed by atoms with Gasteiger partial charge in [0.05, 0.1) is 36.2 Å². The molecule has 0 spiro atoms. The Morgan fingerprint density at radius 2 is 1.96 bits per heavy atom. The maximum absolute atomic E-state index is 12.6. The fourth-order valence-corrected chi connectivity index (χ4v) is 2.95. The van der Waals surface area contributed by atoms with Gasteiger partial charge >= 0.3 is 11.9 Å². The van der Waals surface area contributed by atoms with E-state index in [0.717, 1.165) is 0 Å². The van der Waals surface area contributed by atoms with E-state index in [2.05, 4.69) is 0 Å². The first-order chi connectivity index (χ1) is 13.6. The predicted molar refractivity (Wildman–Crippen MR) is 99.7 cm³/mol. The Bertz CT molecular complexity index is 1080. The van der Waals surface area contributed by atoms with Gasteiger partial charge in [0.2, 0.25) is 0 Å². The number of carboxylic acids is 1. The Labute approximate surface area is 160 Å².